The first kappa shape index (κ1) is 29.4. The van der Waals surface area contributed by atoms with Gasteiger partial charge in [-0.05, 0) is 52.6 Å². The number of hydrogen-bond donors (Lipinski definition) is 2. The molecule has 50 heavy (non-hydrogen) atoms. The van der Waals surface area contributed by atoms with Crippen molar-refractivity contribution >= 4 is 55.8 Å². The van der Waals surface area contributed by atoms with Crippen molar-refractivity contribution in [2.75, 3.05) is 0 Å². The summed E-state index contributed by atoms with van der Waals surface area (Å²) in [5.74, 6) is 0.319. The molecule has 2 N–H and O–H groups in total. The summed E-state index contributed by atoms with van der Waals surface area (Å²) in [5.41, 5.74) is 9.94. The molecule has 7 aromatic carbocycles. The van der Waals surface area contributed by atoms with Gasteiger partial charge in [-0.15, -0.1) is 0 Å². The Hall–Kier alpha value is -6.72. The number of fused-ring (bicyclic) bond motifs is 7. The van der Waals surface area contributed by atoms with Gasteiger partial charge in [-0.2, -0.15) is 0 Å². The zero-order valence-corrected chi connectivity index (χ0v) is 27.1. The molecule has 2 aromatic heterocycles. The zero-order valence-electron chi connectivity index (χ0n) is 27.1. The second kappa shape index (κ2) is 12.4. The molecule has 0 aliphatic carbocycles. The van der Waals surface area contributed by atoms with Crippen molar-refractivity contribution in [2.45, 2.75) is 6.17 Å². The van der Waals surface area contributed by atoms with Gasteiger partial charge in [0, 0.05) is 39.0 Å². The Bertz CT molecular complexity index is 2690. The third kappa shape index (κ3) is 5.22. The van der Waals surface area contributed by atoms with Crippen LogP contribution in [0.15, 0.2) is 179 Å². The lowest BCUT2D eigenvalue weighted by molar-refractivity contribution is 0.671. The second-order valence-corrected chi connectivity index (χ2v) is 12.4. The Morgan fingerprint density at radius 1 is 0.620 bits per heavy atom. The normalized spacial score (nSPS) is 12.3. The van der Waals surface area contributed by atoms with Crippen molar-refractivity contribution in [3.63, 3.8) is 0 Å². The maximum absolute atomic E-state index is 8.76. The van der Waals surface area contributed by atoms with Crippen LogP contribution >= 0.6 is 0 Å². The molecule has 238 valence electrons. The summed E-state index contributed by atoms with van der Waals surface area (Å²) in [6.07, 6.45) is 1.45. The summed E-state index contributed by atoms with van der Waals surface area (Å²) in [5, 5.41) is 16.6. The number of aliphatic imine (C=N–C) groups is 1. The third-order valence-corrected chi connectivity index (χ3v) is 9.34. The Labute approximate surface area is 289 Å². The van der Waals surface area contributed by atoms with Crippen LogP contribution < -0.4 is 5.32 Å². The Morgan fingerprint density at radius 2 is 1.32 bits per heavy atom. The highest BCUT2D eigenvalue weighted by molar-refractivity contribution is 6.21. The first-order chi connectivity index (χ1) is 24.7. The van der Waals surface area contributed by atoms with Crippen molar-refractivity contribution in [3.8, 4) is 16.8 Å². The molecule has 2 heterocycles. The molecule has 5 heteroatoms. The van der Waals surface area contributed by atoms with Gasteiger partial charge in [-0.25, -0.2) is 0 Å². The van der Waals surface area contributed by atoms with Gasteiger partial charge in [0.25, 0.3) is 0 Å². The molecule has 0 bridgehead atoms. The maximum atomic E-state index is 8.76. The monoisotopic (exact) mass is 644 g/mol. The van der Waals surface area contributed by atoms with Gasteiger partial charge in [-0.1, -0.05) is 140 Å². The van der Waals surface area contributed by atoms with Crippen LogP contribution in [0.4, 0.5) is 0 Å². The first-order valence-electron chi connectivity index (χ1n) is 16.7. The highest BCUT2D eigenvalue weighted by atomic mass is 16.3. The Balaban J connectivity index is 1.20. The summed E-state index contributed by atoms with van der Waals surface area (Å²) in [7, 11) is 0. The van der Waals surface area contributed by atoms with E-state index in [1.165, 1.54) is 5.56 Å². The average Bonchev–Trinajstić information content (AvgIpc) is 3.73. The minimum absolute atomic E-state index is 0.319. The van der Waals surface area contributed by atoms with Crippen LogP contribution in [-0.4, -0.2) is 16.6 Å². The molecule has 9 rings (SSSR count). The van der Waals surface area contributed by atoms with Gasteiger partial charge in [0.2, 0.25) is 0 Å². The molecule has 5 nitrogen and oxygen atoms in total. The summed E-state index contributed by atoms with van der Waals surface area (Å²) in [6, 6.07) is 58.1. The molecule has 0 aliphatic rings. The fourth-order valence-electron chi connectivity index (χ4n) is 6.93. The fourth-order valence-corrected chi connectivity index (χ4v) is 6.93. The van der Waals surface area contributed by atoms with Crippen LogP contribution in [-0.2, 0) is 0 Å². The molecule has 0 radical (unpaired) electrons. The number of benzene rings is 7. The Kier molecular flexibility index (Phi) is 7.29. The van der Waals surface area contributed by atoms with Crippen molar-refractivity contribution < 1.29 is 4.42 Å². The first-order valence-corrected chi connectivity index (χ1v) is 16.7. The smallest absolute Gasteiger partial charge is 0.160 e. The molecule has 9 aromatic rings. The van der Waals surface area contributed by atoms with E-state index in [-0.39, 0.29) is 0 Å². The number of hydrogen-bond acceptors (Lipinski definition) is 3. The molecule has 0 fully saturated rings. The van der Waals surface area contributed by atoms with Gasteiger partial charge in [0.15, 0.2) is 5.58 Å². The standard InChI is InChI=1S/C45H32N4O/c46-44(32-16-6-2-7-17-32)48-45(33-18-8-3-9-19-33)47-29-30-13-12-20-35(27-30)49-40-28-34(31-14-4-1-5-15-31)23-24-36(40)38-25-26-39-37-21-10-11-22-41(37)50-43(39)42(38)49/h1-29,45H,(H2,46,48)/b47-29+. The molecule has 0 amide bonds. The molecule has 0 aliphatic heterocycles. The summed E-state index contributed by atoms with van der Waals surface area (Å²) in [4.78, 5) is 5.00. The lowest BCUT2D eigenvalue weighted by Gasteiger charge is -2.17. The van der Waals surface area contributed by atoms with E-state index in [1.807, 2.05) is 85.1 Å². The van der Waals surface area contributed by atoms with E-state index in [0.29, 0.717) is 5.84 Å². The summed E-state index contributed by atoms with van der Waals surface area (Å²) in [6.45, 7) is 0. The summed E-state index contributed by atoms with van der Waals surface area (Å²) < 4.78 is 8.96. The molecule has 1 unspecified atom stereocenters. The molecule has 1 atom stereocenters. The zero-order chi connectivity index (χ0) is 33.4. The molecular formula is C45H32N4O. The third-order valence-electron chi connectivity index (χ3n) is 9.34. The Morgan fingerprint density at radius 3 is 2.14 bits per heavy atom. The van der Waals surface area contributed by atoms with Crippen molar-refractivity contribution in [3.05, 3.63) is 187 Å². The molecule has 0 saturated heterocycles. The lowest BCUT2D eigenvalue weighted by atomic mass is 10.0. The van der Waals surface area contributed by atoms with Crippen molar-refractivity contribution in [2.24, 2.45) is 4.99 Å². The second-order valence-electron chi connectivity index (χ2n) is 12.4. The highest BCUT2D eigenvalue weighted by Gasteiger charge is 2.20. The van der Waals surface area contributed by atoms with E-state index in [0.717, 1.165) is 71.7 Å². The predicted molar refractivity (Wildman–Crippen MR) is 207 cm³/mol. The van der Waals surface area contributed by atoms with Crippen molar-refractivity contribution in [1.82, 2.24) is 9.88 Å². The van der Waals surface area contributed by atoms with Gasteiger partial charge in [0.05, 0.1) is 11.0 Å². The highest BCUT2D eigenvalue weighted by Crippen LogP contribution is 2.41. The minimum atomic E-state index is -0.440. The van der Waals surface area contributed by atoms with E-state index in [2.05, 4.69) is 101 Å². The quantitative estimate of drug-likeness (QED) is 0.134. The lowest BCUT2D eigenvalue weighted by Crippen LogP contribution is -2.27. The van der Waals surface area contributed by atoms with E-state index >= 15 is 0 Å². The van der Waals surface area contributed by atoms with Gasteiger partial charge >= 0.3 is 0 Å². The molecule has 0 spiro atoms. The predicted octanol–water partition coefficient (Wildman–Crippen LogP) is 11.1. The van der Waals surface area contributed by atoms with Crippen LogP contribution in [0.2, 0.25) is 0 Å². The van der Waals surface area contributed by atoms with E-state index in [4.69, 9.17) is 14.8 Å². The van der Waals surface area contributed by atoms with Crippen LogP contribution in [0.25, 0.3) is 60.6 Å². The number of aromatic nitrogens is 1. The number of amidine groups is 1. The van der Waals surface area contributed by atoms with Crippen LogP contribution in [0.3, 0.4) is 0 Å². The number of nitrogens with one attached hydrogen (secondary N) is 2. The molecule has 0 saturated carbocycles. The average molecular weight is 645 g/mol. The summed E-state index contributed by atoms with van der Waals surface area (Å²) >= 11 is 0. The van der Waals surface area contributed by atoms with Gasteiger partial charge < -0.3 is 14.3 Å². The van der Waals surface area contributed by atoms with Crippen LogP contribution in [0.5, 0.6) is 0 Å². The van der Waals surface area contributed by atoms with E-state index in [9.17, 15) is 0 Å². The van der Waals surface area contributed by atoms with E-state index in [1.54, 1.807) is 0 Å². The maximum Gasteiger partial charge on any atom is 0.160 e. The topological polar surface area (TPSA) is 66.3 Å². The number of rotatable bonds is 7. The number of nitrogens with zero attached hydrogens (tertiary/aromatic N) is 2. The fraction of sp³-hybridized carbons (Fsp3) is 0.0222. The number of furan rings is 1. The van der Waals surface area contributed by atoms with Crippen LogP contribution in [0.1, 0.15) is 22.9 Å². The molecular weight excluding hydrogens is 613 g/mol. The van der Waals surface area contributed by atoms with Gasteiger partial charge in [-0.3, -0.25) is 10.4 Å². The largest absolute Gasteiger partial charge is 0.454 e. The van der Waals surface area contributed by atoms with Crippen LogP contribution in [0, 0.1) is 5.41 Å². The number of para-hydroxylation sites is 1. The van der Waals surface area contributed by atoms with Gasteiger partial charge in [0.1, 0.15) is 17.6 Å². The van der Waals surface area contributed by atoms with Crippen molar-refractivity contribution in [1.29, 1.82) is 5.41 Å². The SMILES string of the molecule is N=C(NC(/N=C/c1cccc(-n2c3cc(-c4ccccc4)ccc3c3ccc4c5ccccc5oc4c32)c1)c1ccccc1)c1ccccc1. The minimum Gasteiger partial charge on any atom is -0.454 e. The van der Waals surface area contributed by atoms with E-state index < -0.39 is 6.17 Å².